The molecule has 96 valence electrons. The van der Waals surface area contributed by atoms with Gasteiger partial charge in [-0.2, -0.15) is 0 Å². The smallest absolute Gasteiger partial charge is 0.0896 e. The molecule has 1 unspecified atom stereocenters. The lowest BCUT2D eigenvalue weighted by Gasteiger charge is -2.12. The molecule has 1 aromatic carbocycles. The van der Waals surface area contributed by atoms with Gasteiger partial charge in [-0.25, -0.2) is 4.98 Å². The van der Waals surface area contributed by atoms with E-state index in [0.29, 0.717) is 11.8 Å². The van der Waals surface area contributed by atoms with Crippen LogP contribution in [0, 0.1) is 12.8 Å². The largest absolute Gasteiger partial charge is 0.250 e. The van der Waals surface area contributed by atoms with Gasteiger partial charge in [0.25, 0.3) is 0 Å². The molecule has 0 spiro atoms. The van der Waals surface area contributed by atoms with E-state index in [-0.39, 0.29) is 0 Å². The zero-order valence-electron chi connectivity index (χ0n) is 10.2. The van der Waals surface area contributed by atoms with Gasteiger partial charge in [0.2, 0.25) is 0 Å². The van der Waals surface area contributed by atoms with Crippen molar-refractivity contribution in [2.24, 2.45) is 5.92 Å². The number of alkyl halides is 1. The standard InChI is InChI=1S/C14H15BrClNS/c1-10-17-9-14(18-10)7-12(8-16)5-11-3-2-4-13(15)6-11/h2-4,6,9,12H,5,7-8H2,1H3. The van der Waals surface area contributed by atoms with Crippen molar-refractivity contribution in [1.29, 1.82) is 0 Å². The van der Waals surface area contributed by atoms with Crippen LogP contribution in [-0.4, -0.2) is 10.9 Å². The molecule has 2 aromatic rings. The fourth-order valence-corrected chi connectivity index (χ4v) is 3.54. The van der Waals surface area contributed by atoms with Gasteiger partial charge < -0.3 is 0 Å². The van der Waals surface area contributed by atoms with Crippen LogP contribution in [0.15, 0.2) is 34.9 Å². The minimum atomic E-state index is 0.473. The number of thiazole rings is 1. The van der Waals surface area contributed by atoms with Crippen LogP contribution in [0.3, 0.4) is 0 Å². The zero-order chi connectivity index (χ0) is 13.0. The Kier molecular flexibility index (Phi) is 5.22. The summed E-state index contributed by atoms with van der Waals surface area (Å²) in [7, 11) is 0. The van der Waals surface area contributed by atoms with Gasteiger partial charge in [0, 0.05) is 21.4 Å². The maximum atomic E-state index is 6.09. The Hall–Kier alpha value is -0.380. The van der Waals surface area contributed by atoms with E-state index in [2.05, 4.69) is 39.1 Å². The van der Waals surface area contributed by atoms with Gasteiger partial charge in [-0.1, -0.05) is 28.1 Å². The average molecular weight is 345 g/mol. The van der Waals surface area contributed by atoms with E-state index in [9.17, 15) is 0 Å². The van der Waals surface area contributed by atoms with Gasteiger partial charge in [0.15, 0.2) is 0 Å². The molecule has 18 heavy (non-hydrogen) atoms. The first-order valence-electron chi connectivity index (χ1n) is 5.89. The van der Waals surface area contributed by atoms with E-state index in [0.717, 1.165) is 22.3 Å². The molecule has 0 saturated carbocycles. The molecule has 1 heterocycles. The lowest BCUT2D eigenvalue weighted by atomic mass is 9.97. The van der Waals surface area contributed by atoms with E-state index in [4.69, 9.17) is 11.6 Å². The van der Waals surface area contributed by atoms with Crippen molar-refractivity contribution in [1.82, 2.24) is 4.98 Å². The van der Waals surface area contributed by atoms with Crippen LogP contribution in [0.2, 0.25) is 0 Å². The summed E-state index contributed by atoms with van der Waals surface area (Å²) in [5.41, 5.74) is 1.33. The van der Waals surface area contributed by atoms with Crippen molar-refractivity contribution in [2.45, 2.75) is 19.8 Å². The molecule has 0 radical (unpaired) electrons. The normalized spacial score (nSPS) is 12.6. The number of hydrogen-bond acceptors (Lipinski definition) is 2. The van der Waals surface area contributed by atoms with E-state index in [1.165, 1.54) is 10.4 Å². The predicted octanol–water partition coefficient (Wildman–Crippen LogP) is 4.85. The molecule has 0 N–H and O–H groups in total. The number of aryl methyl sites for hydroxylation is 1. The highest BCUT2D eigenvalue weighted by Gasteiger charge is 2.11. The number of nitrogens with zero attached hydrogens (tertiary/aromatic N) is 1. The zero-order valence-corrected chi connectivity index (χ0v) is 13.4. The second-order valence-corrected chi connectivity index (χ2v) is 6.95. The van der Waals surface area contributed by atoms with Gasteiger partial charge in [-0.05, 0) is 43.4 Å². The minimum absolute atomic E-state index is 0.473. The molecular weight excluding hydrogens is 330 g/mol. The van der Waals surface area contributed by atoms with Crippen LogP contribution in [0.1, 0.15) is 15.4 Å². The van der Waals surface area contributed by atoms with Crippen molar-refractivity contribution in [3.05, 3.63) is 50.4 Å². The van der Waals surface area contributed by atoms with Crippen LogP contribution >= 0.6 is 38.9 Å². The lowest BCUT2D eigenvalue weighted by Crippen LogP contribution is -2.09. The Morgan fingerprint density at radius 2 is 2.22 bits per heavy atom. The Balaban J connectivity index is 2.01. The second-order valence-electron chi connectivity index (χ2n) is 4.40. The van der Waals surface area contributed by atoms with Gasteiger partial charge in [0.1, 0.15) is 0 Å². The quantitative estimate of drug-likeness (QED) is 0.706. The monoisotopic (exact) mass is 343 g/mol. The first kappa shape index (κ1) is 14.0. The van der Waals surface area contributed by atoms with Crippen molar-refractivity contribution in [3.63, 3.8) is 0 Å². The molecule has 0 aliphatic heterocycles. The SMILES string of the molecule is Cc1ncc(CC(CCl)Cc2cccc(Br)c2)s1. The van der Waals surface area contributed by atoms with Crippen LogP contribution in [0.25, 0.3) is 0 Å². The molecule has 4 heteroatoms. The fourth-order valence-electron chi connectivity index (χ4n) is 1.96. The maximum absolute atomic E-state index is 6.09. The number of halogens is 2. The molecule has 0 amide bonds. The molecule has 0 fully saturated rings. The van der Waals surface area contributed by atoms with Crippen LogP contribution in [0.5, 0.6) is 0 Å². The molecule has 0 aliphatic carbocycles. The summed E-state index contributed by atoms with van der Waals surface area (Å²) >= 11 is 11.4. The van der Waals surface area contributed by atoms with E-state index in [1.54, 1.807) is 11.3 Å². The number of aromatic nitrogens is 1. The van der Waals surface area contributed by atoms with Crippen molar-refractivity contribution < 1.29 is 0 Å². The topological polar surface area (TPSA) is 12.9 Å². The van der Waals surface area contributed by atoms with Gasteiger partial charge in [0.05, 0.1) is 5.01 Å². The summed E-state index contributed by atoms with van der Waals surface area (Å²) in [4.78, 5) is 5.62. The van der Waals surface area contributed by atoms with Gasteiger partial charge in [-0.15, -0.1) is 22.9 Å². The Morgan fingerprint density at radius 1 is 1.39 bits per heavy atom. The highest BCUT2D eigenvalue weighted by molar-refractivity contribution is 9.10. The number of benzene rings is 1. The summed E-state index contributed by atoms with van der Waals surface area (Å²) in [5, 5.41) is 1.13. The summed E-state index contributed by atoms with van der Waals surface area (Å²) in [5.74, 6) is 1.16. The van der Waals surface area contributed by atoms with Crippen molar-refractivity contribution in [3.8, 4) is 0 Å². The molecule has 2 rings (SSSR count). The molecule has 1 nitrogen and oxygen atoms in total. The third-order valence-corrected chi connectivity index (χ3v) is 4.66. The highest BCUT2D eigenvalue weighted by atomic mass is 79.9. The number of hydrogen-bond donors (Lipinski definition) is 0. The Labute approximate surface area is 125 Å². The summed E-state index contributed by atoms with van der Waals surface area (Å²) in [6.45, 7) is 2.04. The van der Waals surface area contributed by atoms with Crippen LogP contribution in [0.4, 0.5) is 0 Å². The average Bonchev–Trinajstić information content (AvgIpc) is 2.74. The van der Waals surface area contributed by atoms with Crippen LogP contribution < -0.4 is 0 Å². The van der Waals surface area contributed by atoms with Gasteiger partial charge >= 0.3 is 0 Å². The minimum Gasteiger partial charge on any atom is -0.250 e. The van der Waals surface area contributed by atoms with E-state index in [1.807, 2.05) is 19.2 Å². The number of rotatable bonds is 5. The molecule has 1 atom stereocenters. The predicted molar refractivity (Wildman–Crippen MR) is 82.6 cm³/mol. The molecule has 0 saturated heterocycles. The summed E-state index contributed by atoms with van der Waals surface area (Å²) < 4.78 is 1.13. The van der Waals surface area contributed by atoms with E-state index >= 15 is 0 Å². The van der Waals surface area contributed by atoms with E-state index < -0.39 is 0 Å². The van der Waals surface area contributed by atoms with Crippen molar-refractivity contribution >= 4 is 38.9 Å². The highest BCUT2D eigenvalue weighted by Crippen LogP contribution is 2.21. The first-order valence-corrected chi connectivity index (χ1v) is 8.03. The third-order valence-electron chi connectivity index (χ3n) is 2.79. The molecular formula is C14H15BrClNS. The van der Waals surface area contributed by atoms with Crippen LogP contribution in [-0.2, 0) is 12.8 Å². The van der Waals surface area contributed by atoms with Crippen molar-refractivity contribution in [2.75, 3.05) is 5.88 Å². The summed E-state index contributed by atoms with van der Waals surface area (Å²) in [6, 6.07) is 8.44. The third kappa shape index (κ3) is 4.08. The Bertz CT molecular complexity index is 512. The molecule has 1 aromatic heterocycles. The fraction of sp³-hybridized carbons (Fsp3) is 0.357. The lowest BCUT2D eigenvalue weighted by molar-refractivity contribution is 0.588. The molecule has 0 aliphatic rings. The summed E-state index contributed by atoms with van der Waals surface area (Å²) in [6.07, 6.45) is 4.00. The molecule has 0 bridgehead atoms. The maximum Gasteiger partial charge on any atom is 0.0896 e. The second kappa shape index (κ2) is 6.69. The first-order chi connectivity index (χ1) is 8.67. The van der Waals surface area contributed by atoms with Gasteiger partial charge in [-0.3, -0.25) is 0 Å². The Morgan fingerprint density at radius 3 is 2.83 bits per heavy atom.